The van der Waals surface area contributed by atoms with E-state index in [-0.39, 0.29) is 11.8 Å². The molecule has 0 atom stereocenters. The van der Waals surface area contributed by atoms with Crippen LogP contribution in [0.4, 0.5) is 4.39 Å². The molecule has 0 bridgehead atoms. The van der Waals surface area contributed by atoms with Gasteiger partial charge >= 0.3 is 6.01 Å². The number of rotatable bonds is 4. The van der Waals surface area contributed by atoms with Crippen LogP contribution in [-0.2, 0) is 0 Å². The molecule has 0 aliphatic heterocycles. The van der Waals surface area contributed by atoms with Gasteiger partial charge in [-0.1, -0.05) is 30.3 Å². The molecule has 0 spiro atoms. The lowest BCUT2D eigenvalue weighted by molar-refractivity contribution is 0.443. The molecule has 1 N–H and O–H groups in total. The van der Waals surface area contributed by atoms with E-state index in [9.17, 15) is 0 Å². The fourth-order valence-corrected chi connectivity index (χ4v) is 3.23. The Morgan fingerprint density at radius 3 is 2.52 bits per heavy atom. The van der Waals surface area contributed by atoms with Crippen molar-refractivity contribution in [3.8, 4) is 34.0 Å². The summed E-state index contributed by atoms with van der Waals surface area (Å²) in [6.07, 6.45) is 6.69. The van der Waals surface area contributed by atoms with Crippen molar-refractivity contribution in [3.63, 3.8) is 0 Å². The van der Waals surface area contributed by atoms with Crippen molar-refractivity contribution in [2.75, 3.05) is 0 Å². The van der Waals surface area contributed by atoms with E-state index < -0.39 is 0 Å². The molecule has 6 heteroatoms. The molecule has 140 valence electrons. The van der Waals surface area contributed by atoms with Crippen LogP contribution in [0.3, 0.4) is 0 Å². The van der Waals surface area contributed by atoms with Crippen LogP contribution in [0, 0.1) is 5.82 Å². The van der Waals surface area contributed by atoms with Crippen LogP contribution in [0.2, 0.25) is 0 Å². The number of pyridine rings is 1. The SMILES string of the molecule is Fc1cc(-c2ccccc2Oc2ncccn2)ccc1-c1cnc2[nH]ccc2c1. The highest BCUT2D eigenvalue weighted by atomic mass is 19.1. The van der Waals surface area contributed by atoms with Gasteiger partial charge in [-0.25, -0.2) is 19.3 Å². The Morgan fingerprint density at radius 2 is 1.66 bits per heavy atom. The molecule has 0 fully saturated rings. The normalized spacial score (nSPS) is 10.9. The molecule has 3 heterocycles. The van der Waals surface area contributed by atoms with E-state index in [4.69, 9.17) is 4.74 Å². The van der Waals surface area contributed by atoms with Gasteiger partial charge in [0.25, 0.3) is 0 Å². The zero-order valence-electron chi connectivity index (χ0n) is 15.2. The first-order valence-electron chi connectivity index (χ1n) is 9.05. The standard InChI is InChI=1S/C23H15FN4O/c24-20-13-15(6-7-18(20)17-12-16-8-11-25-22(16)28-14-17)19-4-1-2-5-21(19)29-23-26-9-3-10-27-23/h1-14H,(H,25,28). The Labute approximate surface area is 165 Å². The lowest BCUT2D eigenvalue weighted by Gasteiger charge is -2.11. The minimum Gasteiger partial charge on any atom is -0.424 e. The van der Waals surface area contributed by atoms with Crippen molar-refractivity contribution < 1.29 is 9.13 Å². The topological polar surface area (TPSA) is 63.7 Å². The molecule has 5 aromatic rings. The van der Waals surface area contributed by atoms with Gasteiger partial charge in [0.2, 0.25) is 0 Å². The lowest BCUT2D eigenvalue weighted by atomic mass is 9.99. The summed E-state index contributed by atoms with van der Waals surface area (Å²) in [7, 11) is 0. The Hall–Kier alpha value is -4.06. The van der Waals surface area contributed by atoms with Crippen molar-refractivity contribution in [2.24, 2.45) is 0 Å². The Kier molecular flexibility index (Phi) is 4.22. The number of hydrogen-bond acceptors (Lipinski definition) is 4. The maximum atomic E-state index is 15.0. The summed E-state index contributed by atoms with van der Waals surface area (Å²) in [6.45, 7) is 0. The minimum atomic E-state index is -0.329. The van der Waals surface area contributed by atoms with Crippen LogP contribution in [0.1, 0.15) is 0 Å². The third kappa shape index (κ3) is 3.32. The molecule has 0 unspecified atom stereocenters. The maximum Gasteiger partial charge on any atom is 0.321 e. The van der Waals surface area contributed by atoms with Gasteiger partial charge in [0.1, 0.15) is 17.2 Å². The first kappa shape index (κ1) is 17.1. The molecule has 0 aliphatic rings. The number of fused-ring (bicyclic) bond motifs is 1. The van der Waals surface area contributed by atoms with Gasteiger partial charge in [0, 0.05) is 46.9 Å². The van der Waals surface area contributed by atoms with Crippen molar-refractivity contribution in [1.82, 2.24) is 19.9 Å². The minimum absolute atomic E-state index is 0.239. The number of nitrogens with zero attached hydrogens (tertiary/aromatic N) is 3. The monoisotopic (exact) mass is 382 g/mol. The molecule has 2 aromatic carbocycles. The number of nitrogens with one attached hydrogen (secondary N) is 1. The number of ether oxygens (including phenoxy) is 1. The number of H-pyrrole nitrogens is 1. The lowest BCUT2D eigenvalue weighted by Crippen LogP contribution is -1.93. The van der Waals surface area contributed by atoms with E-state index >= 15 is 4.39 Å². The second kappa shape index (κ2) is 7.16. The first-order valence-corrected chi connectivity index (χ1v) is 9.05. The van der Waals surface area contributed by atoms with Gasteiger partial charge in [0.15, 0.2) is 0 Å². The van der Waals surface area contributed by atoms with Crippen LogP contribution in [0.25, 0.3) is 33.3 Å². The number of halogens is 1. The number of hydrogen-bond donors (Lipinski definition) is 1. The fraction of sp³-hybridized carbons (Fsp3) is 0. The van der Waals surface area contributed by atoms with Crippen LogP contribution in [-0.4, -0.2) is 19.9 Å². The molecular weight excluding hydrogens is 367 g/mol. The molecule has 0 radical (unpaired) electrons. The predicted molar refractivity (Wildman–Crippen MR) is 109 cm³/mol. The Morgan fingerprint density at radius 1 is 0.793 bits per heavy atom. The summed E-state index contributed by atoms with van der Waals surface area (Å²) in [6, 6.07) is 18.3. The van der Waals surface area contributed by atoms with Gasteiger partial charge in [-0.2, -0.15) is 0 Å². The summed E-state index contributed by atoms with van der Waals surface area (Å²) in [5.41, 5.74) is 3.45. The number of aromatic amines is 1. The van der Waals surface area contributed by atoms with Gasteiger partial charge < -0.3 is 9.72 Å². The average Bonchev–Trinajstić information content (AvgIpc) is 3.23. The molecule has 0 saturated carbocycles. The second-order valence-electron chi connectivity index (χ2n) is 6.46. The average molecular weight is 382 g/mol. The van der Waals surface area contributed by atoms with Gasteiger partial charge in [-0.05, 0) is 35.9 Å². The number of para-hydroxylation sites is 1. The predicted octanol–water partition coefficient (Wildman–Crippen LogP) is 5.62. The van der Waals surface area contributed by atoms with Crippen molar-refractivity contribution in [3.05, 3.63) is 91.3 Å². The van der Waals surface area contributed by atoms with Crippen molar-refractivity contribution in [1.29, 1.82) is 0 Å². The van der Waals surface area contributed by atoms with Crippen LogP contribution >= 0.6 is 0 Å². The summed E-state index contributed by atoms with van der Waals surface area (Å²) in [4.78, 5) is 15.6. The summed E-state index contributed by atoms with van der Waals surface area (Å²) < 4.78 is 20.8. The van der Waals surface area contributed by atoms with E-state index in [0.717, 1.165) is 22.2 Å². The zero-order chi connectivity index (χ0) is 19.6. The maximum absolute atomic E-state index is 15.0. The van der Waals surface area contributed by atoms with Gasteiger partial charge in [-0.3, -0.25) is 0 Å². The van der Waals surface area contributed by atoms with E-state index in [1.807, 2.05) is 42.6 Å². The van der Waals surface area contributed by atoms with E-state index in [2.05, 4.69) is 19.9 Å². The Bertz CT molecular complexity index is 1300. The van der Waals surface area contributed by atoms with Crippen molar-refractivity contribution >= 4 is 11.0 Å². The molecule has 0 amide bonds. The summed E-state index contributed by atoms with van der Waals surface area (Å²) in [5, 5.41) is 0.938. The molecule has 3 aromatic heterocycles. The largest absolute Gasteiger partial charge is 0.424 e. The number of aromatic nitrogens is 4. The fourth-order valence-electron chi connectivity index (χ4n) is 3.23. The first-order chi connectivity index (χ1) is 14.3. The number of benzene rings is 2. The second-order valence-corrected chi connectivity index (χ2v) is 6.46. The molecule has 0 saturated heterocycles. The van der Waals surface area contributed by atoms with E-state index in [0.29, 0.717) is 16.9 Å². The molecular formula is C23H15FN4O. The smallest absolute Gasteiger partial charge is 0.321 e. The Balaban J connectivity index is 1.52. The third-order valence-electron chi connectivity index (χ3n) is 4.62. The molecule has 5 nitrogen and oxygen atoms in total. The van der Waals surface area contributed by atoms with Gasteiger partial charge in [-0.15, -0.1) is 0 Å². The van der Waals surface area contributed by atoms with Crippen LogP contribution < -0.4 is 4.74 Å². The van der Waals surface area contributed by atoms with Crippen molar-refractivity contribution in [2.45, 2.75) is 0 Å². The highest BCUT2D eigenvalue weighted by Gasteiger charge is 2.12. The molecule has 0 aliphatic carbocycles. The molecule has 29 heavy (non-hydrogen) atoms. The van der Waals surface area contributed by atoms with E-state index in [1.54, 1.807) is 36.8 Å². The summed E-state index contributed by atoms with van der Waals surface area (Å²) in [5.74, 6) is 0.228. The summed E-state index contributed by atoms with van der Waals surface area (Å²) >= 11 is 0. The highest BCUT2D eigenvalue weighted by molar-refractivity contribution is 5.82. The quantitative estimate of drug-likeness (QED) is 0.438. The van der Waals surface area contributed by atoms with Crippen LogP contribution in [0.15, 0.2) is 85.5 Å². The van der Waals surface area contributed by atoms with Gasteiger partial charge in [0.05, 0.1) is 0 Å². The van der Waals surface area contributed by atoms with Crippen LogP contribution in [0.5, 0.6) is 11.8 Å². The third-order valence-corrected chi connectivity index (χ3v) is 4.62. The highest BCUT2D eigenvalue weighted by Crippen LogP contribution is 2.35. The zero-order valence-corrected chi connectivity index (χ0v) is 15.2. The van der Waals surface area contributed by atoms with E-state index in [1.165, 1.54) is 6.07 Å². The molecule has 5 rings (SSSR count).